The number of rotatable bonds is 5. The van der Waals surface area contributed by atoms with Crippen LogP contribution in [0.15, 0.2) is 30.3 Å². The first-order chi connectivity index (χ1) is 9.67. The molecule has 1 saturated heterocycles. The van der Waals surface area contributed by atoms with E-state index in [1.165, 1.54) is 11.8 Å². The van der Waals surface area contributed by atoms with Crippen LogP contribution in [0.5, 0.6) is 0 Å². The molecule has 0 aliphatic carbocycles. The Morgan fingerprint density at radius 2 is 1.90 bits per heavy atom. The minimum atomic E-state index is -1.15. The summed E-state index contributed by atoms with van der Waals surface area (Å²) in [7, 11) is 0. The van der Waals surface area contributed by atoms with Crippen LogP contribution in [0.2, 0.25) is 0 Å². The van der Waals surface area contributed by atoms with Crippen molar-refractivity contribution in [3.63, 3.8) is 0 Å². The second kappa shape index (κ2) is 7.40. The topological polar surface area (TPSA) is 79.2 Å². The Kier molecular flexibility index (Phi) is 5.83. The molecule has 0 aromatic heterocycles. The second-order valence-corrected chi connectivity index (χ2v) is 5.64. The fraction of sp³-hybridized carbons (Fsp3) is 0.571. The summed E-state index contributed by atoms with van der Waals surface area (Å²) in [5.74, 6) is 0. The van der Waals surface area contributed by atoms with Crippen molar-refractivity contribution in [2.24, 2.45) is 0 Å². The fourth-order valence-corrected chi connectivity index (χ4v) is 2.95. The van der Waals surface area contributed by atoms with Crippen LogP contribution in [0.3, 0.4) is 0 Å². The van der Waals surface area contributed by atoms with E-state index >= 15 is 0 Å². The Morgan fingerprint density at radius 1 is 1.20 bits per heavy atom. The third-order valence-corrected chi connectivity index (χ3v) is 4.19. The maximum absolute atomic E-state index is 10.1. The van der Waals surface area contributed by atoms with Gasteiger partial charge >= 0.3 is 0 Å². The Morgan fingerprint density at radius 3 is 2.50 bits per heavy atom. The number of aliphatic hydroxyl groups is 3. The molecule has 0 spiro atoms. The molecule has 0 amide bonds. The maximum atomic E-state index is 10.1. The van der Waals surface area contributed by atoms with E-state index in [1.54, 1.807) is 0 Å². The van der Waals surface area contributed by atoms with Crippen LogP contribution in [0, 0.1) is 0 Å². The smallest absolute Gasteiger partial charge is 0.132 e. The molecule has 1 aliphatic rings. The zero-order valence-electron chi connectivity index (χ0n) is 11.3. The second-order valence-electron chi connectivity index (χ2n) is 4.70. The van der Waals surface area contributed by atoms with Crippen molar-refractivity contribution >= 4 is 11.8 Å². The summed E-state index contributed by atoms with van der Waals surface area (Å²) < 4.78 is 11.3. The first-order valence-electron chi connectivity index (χ1n) is 6.48. The average Bonchev–Trinajstić information content (AvgIpc) is 2.49. The number of benzene rings is 1. The number of thioether (sulfide) groups is 1. The first kappa shape index (κ1) is 15.8. The largest absolute Gasteiger partial charge is 0.394 e. The molecule has 2 rings (SSSR count). The summed E-state index contributed by atoms with van der Waals surface area (Å²) in [6.07, 6.45) is -1.81. The van der Waals surface area contributed by atoms with Crippen molar-refractivity contribution in [2.75, 3.05) is 12.9 Å². The summed E-state index contributed by atoms with van der Waals surface area (Å²) in [6.45, 7) is 0.000189. The summed E-state index contributed by atoms with van der Waals surface area (Å²) >= 11 is 1.38. The molecular formula is C14H20O5S. The molecule has 1 aromatic rings. The Bertz CT molecular complexity index is 400. The number of hydrogen-bond donors (Lipinski definition) is 3. The van der Waals surface area contributed by atoms with Crippen molar-refractivity contribution < 1.29 is 24.8 Å². The first-order valence-corrected chi connectivity index (χ1v) is 7.77. The van der Waals surface area contributed by atoms with Crippen LogP contribution in [0.25, 0.3) is 0 Å². The molecule has 3 N–H and O–H groups in total. The van der Waals surface area contributed by atoms with Gasteiger partial charge in [-0.05, 0) is 11.8 Å². The highest BCUT2D eigenvalue weighted by Crippen LogP contribution is 2.29. The van der Waals surface area contributed by atoms with Crippen LogP contribution < -0.4 is 0 Å². The Labute approximate surface area is 122 Å². The molecule has 1 aliphatic heterocycles. The number of hydrogen-bond acceptors (Lipinski definition) is 6. The van der Waals surface area contributed by atoms with Gasteiger partial charge in [-0.3, -0.25) is 0 Å². The van der Waals surface area contributed by atoms with Gasteiger partial charge in [0.2, 0.25) is 0 Å². The van der Waals surface area contributed by atoms with Crippen molar-refractivity contribution in [3.8, 4) is 0 Å². The highest BCUT2D eigenvalue weighted by Gasteiger charge is 2.44. The Hall–Kier alpha value is -0.630. The fourth-order valence-electron chi connectivity index (χ4n) is 2.19. The highest BCUT2D eigenvalue weighted by atomic mass is 32.2. The van der Waals surface area contributed by atoms with Gasteiger partial charge in [-0.2, -0.15) is 0 Å². The van der Waals surface area contributed by atoms with E-state index in [2.05, 4.69) is 0 Å². The lowest BCUT2D eigenvalue weighted by atomic mass is 10.00. The molecule has 6 heteroatoms. The lowest BCUT2D eigenvalue weighted by molar-refractivity contribution is -0.221. The minimum Gasteiger partial charge on any atom is -0.394 e. The predicted octanol–water partition coefficient (Wildman–Crippen LogP) is 0.374. The van der Waals surface area contributed by atoms with Gasteiger partial charge in [-0.25, -0.2) is 0 Å². The summed E-state index contributed by atoms with van der Waals surface area (Å²) in [5.41, 5.74) is 0.563. The maximum Gasteiger partial charge on any atom is 0.132 e. The van der Waals surface area contributed by atoms with Crippen LogP contribution >= 0.6 is 11.8 Å². The predicted molar refractivity (Wildman–Crippen MR) is 76.3 cm³/mol. The van der Waals surface area contributed by atoms with Crippen LogP contribution in [0.1, 0.15) is 5.56 Å². The zero-order chi connectivity index (χ0) is 14.5. The lowest BCUT2D eigenvalue weighted by Gasteiger charge is -2.41. The number of ether oxygens (including phenoxy) is 2. The van der Waals surface area contributed by atoms with Gasteiger partial charge < -0.3 is 24.8 Å². The van der Waals surface area contributed by atoms with Crippen LogP contribution in [0.4, 0.5) is 0 Å². The van der Waals surface area contributed by atoms with Gasteiger partial charge in [0.05, 0.1) is 13.2 Å². The van der Waals surface area contributed by atoms with Gasteiger partial charge in [0.1, 0.15) is 29.9 Å². The van der Waals surface area contributed by atoms with Crippen molar-refractivity contribution in [2.45, 2.75) is 36.5 Å². The van der Waals surface area contributed by atoms with E-state index in [9.17, 15) is 10.2 Å². The molecule has 1 aromatic carbocycles. The average molecular weight is 300 g/mol. The van der Waals surface area contributed by atoms with Gasteiger partial charge in [0, 0.05) is 0 Å². The molecule has 1 fully saturated rings. The molecule has 20 heavy (non-hydrogen) atoms. The SMILES string of the molecule is CS[C@@H]1O[C@H](CO)[C@H](O)[C@H](O)[C@H]1OCc1ccccc1. The molecular weight excluding hydrogens is 280 g/mol. The van der Waals surface area contributed by atoms with E-state index in [-0.39, 0.29) is 6.61 Å². The van der Waals surface area contributed by atoms with Crippen LogP contribution in [-0.2, 0) is 16.1 Å². The summed E-state index contributed by atoms with van der Waals surface area (Å²) in [4.78, 5) is 0. The van der Waals surface area contributed by atoms with E-state index < -0.39 is 29.9 Å². The molecule has 0 saturated carbocycles. The third kappa shape index (κ3) is 3.52. The molecule has 0 bridgehead atoms. The number of aliphatic hydroxyl groups excluding tert-OH is 3. The molecule has 112 valence electrons. The molecule has 0 radical (unpaired) electrons. The quantitative estimate of drug-likeness (QED) is 0.729. The van der Waals surface area contributed by atoms with E-state index in [0.717, 1.165) is 5.56 Å². The minimum absolute atomic E-state index is 0.333. The van der Waals surface area contributed by atoms with Gasteiger partial charge in [-0.1, -0.05) is 30.3 Å². The summed E-state index contributed by atoms with van der Waals surface area (Å²) in [5, 5.41) is 29.2. The molecule has 5 nitrogen and oxygen atoms in total. The molecule has 0 unspecified atom stereocenters. The van der Waals surface area contributed by atoms with Gasteiger partial charge in [-0.15, -0.1) is 11.8 Å². The van der Waals surface area contributed by atoms with E-state index in [4.69, 9.17) is 14.6 Å². The van der Waals surface area contributed by atoms with Crippen molar-refractivity contribution in [1.29, 1.82) is 0 Å². The lowest BCUT2D eigenvalue weighted by Crippen LogP contribution is -2.58. The van der Waals surface area contributed by atoms with Crippen LogP contribution in [-0.4, -0.2) is 58.0 Å². The normalized spacial score (nSPS) is 34.1. The third-order valence-electron chi connectivity index (χ3n) is 3.34. The van der Waals surface area contributed by atoms with Gasteiger partial charge in [0.25, 0.3) is 0 Å². The monoisotopic (exact) mass is 300 g/mol. The highest BCUT2D eigenvalue weighted by molar-refractivity contribution is 7.99. The molecule has 1 heterocycles. The molecule has 5 atom stereocenters. The standard InChI is InChI=1S/C14H20O5S/c1-20-14-13(12(17)11(16)10(7-15)19-14)18-8-9-5-3-2-4-6-9/h2-6,10-17H,7-8H2,1H3/t10-,11+,12+,13-,14+/m1/s1. The van der Waals surface area contributed by atoms with Crippen molar-refractivity contribution in [1.82, 2.24) is 0 Å². The van der Waals surface area contributed by atoms with Crippen molar-refractivity contribution in [3.05, 3.63) is 35.9 Å². The Balaban J connectivity index is 2.01. The summed E-state index contributed by atoms with van der Waals surface area (Å²) in [6, 6.07) is 9.60. The van der Waals surface area contributed by atoms with E-state index in [0.29, 0.717) is 6.61 Å². The zero-order valence-corrected chi connectivity index (χ0v) is 12.1. The van der Waals surface area contributed by atoms with Gasteiger partial charge in [0.15, 0.2) is 0 Å². The van der Waals surface area contributed by atoms with E-state index in [1.807, 2.05) is 36.6 Å².